The molecule has 0 atom stereocenters. The predicted octanol–water partition coefficient (Wildman–Crippen LogP) is 1.44. The third-order valence-corrected chi connectivity index (χ3v) is 2.34. The first-order chi connectivity index (χ1) is 8.32. The van der Waals surface area contributed by atoms with E-state index < -0.39 is 12.0 Å². The molecule has 1 aromatic rings. The highest BCUT2D eigenvalue weighted by molar-refractivity contribution is 5.44. The van der Waals surface area contributed by atoms with Crippen LogP contribution < -0.4 is 11.1 Å². The van der Waals surface area contributed by atoms with Gasteiger partial charge in [-0.2, -0.15) is 13.2 Å². The normalized spacial score (nSPS) is 11.9. The van der Waals surface area contributed by atoms with E-state index in [1.807, 2.05) is 18.9 Å². The fraction of sp³-hybridized carbons (Fsp3) is 0.600. The third kappa shape index (κ3) is 4.36. The van der Waals surface area contributed by atoms with Gasteiger partial charge in [-0.15, -0.1) is 0 Å². The van der Waals surface area contributed by atoms with Crippen LogP contribution in [0.25, 0.3) is 0 Å². The van der Waals surface area contributed by atoms with Gasteiger partial charge in [0, 0.05) is 19.2 Å². The molecule has 102 valence electrons. The van der Waals surface area contributed by atoms with Gasteiger partial charge >= 0.3 is 6.18 Å². The molecule has 1 rings (SSSR count). The highest BCUT2D eigenvalue weighted by Crippen LogP contribution is 2.27. The van der Waals surface area contributed by atoms with Crippen LogP contribution in [-0.2, 0) is 6.18 Å². The molecule has 8 heteroatoms. The molecule has 1 aromatic heterocycles. The number of hydrogen-bond acceptors (Lipinski definition) is 5. The summed E-state index contributed by atoms with van der Waals surface area (Å²) in [6, 6.07) is 1.28. The summed E-state index contributed by atoms with van der Waals surface area (Å²) in [5, 5.41) is 2.79. The lowest BCUT2D eigenvalue weighted by molar-refractivity contribution is -0.144. The summed E-state index contributed by atoms with van der Waals surface area (Å²) >= 11 is 0. The molecule has 0 amide bonds. The van der Waals surface area contributed by atoms with Gasteiger partial charge in [0.15, 0.2) is 0 Å². The molecule has 3 N–H and O–H groups in total. The average molecular weight is 263 g/mol. The fourth-order valence-electron chi connectivity index (χ4n) is 1.22. The van der Waals surface area contributed by atoms with Crippen molar-refractivity contribution in [1.82, 2.24) is 14.9 Å². The summed E-state index contributed by atoms with van der Waals surface area (Å²) in [6.45, 7) is 4.03. The van der Waals surface area contributed by atoms with Crippen LogP contribution in [0.3, 0.4) is 0 Å². The van der Waals surface area contributed by atoms with Crippen LogP contribution in [0.15, 0.2) is 6.07 Å². The zero-order chi connectivity index (χ0) is 13.8. The minimum absolute atomic E-state index is 0.0827. The first kappa shape index (κ1) is 14.5. The highest BCUT2D eigenvalue weighted by Gasteiger charge is 2.35. The van der Waals surface area contributed by atoms with Crippen LogP contribution in [-0.4, -0.2) is 41.5 Å². The Balaban J connectivity index is 2.69. The molecule has 0 unspecified atom stereocenters. The Morgan fingerprint density at radius 3 is 2.61 bits per heavy atom. The summed E-state index contributed by atoms with van der Waals surface area (Å²) in [7, 11) is 1.91. The maximum Gasteiger partial charge on any atom is 0.451 e. The fourth-order valence-corrected chi connectivity index (χ4v) is 1.22. The molecule has 18 heavy (non-hydrogen) atoms. The van der Waals surface area contributed by atoms with Crippen molar-refractivity contribution in [2.24, 2.45) is 0 Å². The Hall–Kier alpha value is -1.57. The lowest BCUT2D eigenvalue weighted by Crippen LogP contribution is -2.25. The second-order valence-electron chi connectivity index (χ2n) is 3.82. The van der Waals surface area contributed by atoms with Crippen molar-refractivity contribution in [1.29, 1.82) is 0 Å². The van der Waals surface area contributed by atoms with Gasteiger partial charge < -0.3 is 16.0 Å². The molecular formula is C10H16F3N5. The van der Waals surface area contributed by atoms with Crippen LogP contribution in [0.1, 0.15) is 12.7 Å². The maximum absolute atomic E-state index is 12.4. The van der Waals surface area contributed by atoms with Crippen LogP contribution in [0.5, 0.6) is 0 Å². The van der Waals surface area contributed by atoms with Gasteiger partial charge in [-0.05, 0) is 13.6 Å². The smallest absolute Gasteiger partial charge is 0.384 e. The molecule has 0 aliphatic carbocycles. The summed E-state index contributed by atoms with van der Waals surface area (Å²) in [6.07, 6.45) is -4.59. The molecular weight excluding hydrogens is 247 g/mol. The van der Waals surface area contributed by atoms with E-state index in [-0.39, 0.29) is 11.6 Å². The second kappa shape index (κ2) is 5.85. The molecule has 1 heterocycles. The van der Waals surface area contributed by atoms with E-state index >= 15 is 0 Å². The molecule has 0 bridgehead atoms. The van der Waals surface area contributed by atoms with Crippen LogP contribution in [0.4, 0.5) is 24.8 Å². The van der Waals surface area contributed by atoms with E-state index in [0.717, 1.165) is 6.54 Å². The van der Waals surface area contributed by atoms with Crippen LogP contribution >= 0.6 is 0 Å². The summed E-state index contributed by atoms with van der Waals surface area (Å²) in [5.74, 6) is -1.35. The maximum atomic E-state index is 12.4. The van der Waals surface area contributed by atoms with Gasteiger partial charge in [0.1, 0.15) is 11.6 Å². The van der Waals surface area contributed by atoms with E-state index in [1.165, 1.54) is 6.07 Å². The van der Waals surface area contributed by atoms with Crippen molar-refractivity contribution in [3.63, 3.8) is 0 Å². The van der Waals surface area contributed by atoms with E-state index in [2.05, 4.69) is 15.3 Å². The van der Waals surface area contributed by atoms with E-state index in [9.17, 15) is 13.2 Å². The molecule has 0 aliphatic heterocycles. The van der Waals surface area contributed by atoms with E-state index in [4.69, 9.17) is 5.73 Å². The van der Waals surface area contributed by atoms with Crippen LogP contribution in [0.2, 0.25) is 0 Å². The number of nitrogens with two attached hydrogens (primary N) is 1. The molecule has 0 spiro atoms. The average Bonchev–Trinajstić information content (AvgIpc) is 2.27. The molecule has 0 aromatic carbocycles. The van der Waals surface area contributed by atoms with Crippen molar-refractivity contribution < 1.29 is 13.2 Å². The van der Waals surface area contributed by atoms with Gasteiger partial charge in [-0.25, -0.2) is 9.97 Å². The van der Waals surface area contributed by atoms with Crippen LogP contribution in [0, 0.1) is 0 Å². The number of likely N-dealkylation sites (N-methyl/N-ethyl adjacent to an activating group) is 1. The zero-order valence-corrected chi connectivity index (χ0v) is 10.3. The number of alkyl halides is 3. The van der Waals surface area contributed by atoms with Gasteiger partial charge in [-0.3, -0.25) is 0 Å². The first-order valence-electron chi connectivity index (χ1n) is 5.47. The first-order valence-corrected chi connectivity index (χ1v) is 5.47. The topological polar surface area (TPSA) is 67.1 Å². The summed E-state index contributed by atoms with van der Waals surface area (Å²) in [5.41, 5.74) is 5.31. The number of hydrogen-bond donors (Lipinski definition) is 2. The number of rotatable bonds is 5. The Bertz CT molecular complexity index is 394. The minimum Gasteiger partial charge on any atom is -0.384 e. The monoisotopic (exact) mass is 263 g/mol. The van der Waals surface area contributed by atoms with Gasteiger partial charge in [0.25, 0.3) is 0 Å². The van der Waals surface area contributed by atoms with Crippen molar-refractivity contribution >= 4 is 11.6 Å². The third-order valence-electron chi connectivity index (χ3n) is 2.34. The van der Waals surface area contributed by atoms with Gasteiger partial charge in [0.2, 0.25) is 5.82 Å². The number of nitrogens with one attached hydrogen (secondary N) is 1. The summed E-state index contributed by atoms with van der Waals surface area (Å²) in [4.78, 5) is 8.55. The Labute approximate surface area is 103 Å². The number of nitrogens with zero attached hydrogens (tertiary/aromatic N) is 3. The van der Waals surface area contributed by atoms with Gasteiger partial charge in [0.05, 0.1) is 0 Å². The lowest BCUT2D eigenvalue weighted by Gasteiger charge is -2.15. The Kier molecular flexibility index (Phi) is 4.71. The predicted molar refractivity (Wildman–Crippen MR) is 63.1 cm³/mol. The second-order valence-corrected chi connectivity index (χ2v) is 3.82. The SMILES string of the molecule is CCN(C)CCNc1cc(N)nc(C(F)(F)F)n1. The van der Waals surface area contributed by atoms with E-state index in [0.29, 0.717) is 13.1 Å². The molecule has 0 radical (unpaired) electrons. The Morgan fingerprint density at radius 2 is 2.06 bits per heavy atom. The van der Waals surface area contributed by atoms with E-state index in [1.54, 1.807) is 0 Å². The molecule has 0 fully saturated rings. The largest absolute Gasteiger partial charge is 0.451 e. The van der Waals surface area contributed by atoms with Crippen molar-refractivity contribution in [2.45, 2.75) is 13.1 Å². The zero-order valence-electron chi connectivity index (χ0n) is 10.3. The number of nitrogen functional groups attached to an aromatic ring is 1. The number of anilines is 2. The standard InChI is InChI=1S/C10H16F3N5/c1-3-18(2)5-4-15-8-6-7(14)16-9(17-8)10(11,12)13/h6H,3-5H2,1-2H3,(H3,14,15,16,17). The quantitative estimate of drug-likeness (QED) is 0.841. The molecule has 0 aliphatic rings. The Morgan fingerprint density at radius 1 is 1.39 bits per heavy atom. The van der Waals surface area contributed by atoms with Crippen molar-refractivity contribution in [2.75, 3.05) is 37.7 Å². The number of aromatic nitrogens is 2. The lowest BCUT2D eigenvalue weighted by atomic mass is 10.4. The minimum atomic E-state index is -4.59. The van der Waals surface area contributed by atoms with Gasteiger partial charge in [-0.1, -0.05) is 6.92 Å². The highest BCUT2D eigenvalue weighted by atomic mass is 19.4. The molecule has 0 saturated heterocycles. The summed E-state index contributed by atoms with van der Waals surface area (Å²) < 4.78 is 37.3. The van der Waals surface area contributed by atoms with Crippen molar-refractivity contribution in [3.05, 3.63) is 11.9 Å². The number of halogens is 3. The molecule has 0 saturated carbocycles. The van der Waals surface area contributed by atoms with Crippen molar-refractivity contribution in [3.8, 4) is 0 Å². The molecule has 5 nitrogen and oxygen atoms in total.